The van der Waals surface area contributed by atoms with Crippen LogP contribution >= 0.6 is 11.3 Å². The number of aromatic nitrogens is 1. The molecule has 0 spiro atoms. The molecular weight excluding hydrogens is 274 g/mol. The van der Waals surface area contributed by atoms with E-state index in [1.54, 1.807) is 18.3 Å². The molecule has 1 aromatic carbocycles. The van der Waals surface area contributed by atoms with Gasteiger partial charge in [0.1, 0.15) is 0 Å². The average molecular weight is 291 g/mol. The Morgan fingerprint density at radius 1 is 1.35 bits per heavy atom. The monoisotopic (exact) mass is 291 g/mol. The summed E-state index contributed by atoms with van der Waals surface area (Å²) in [4.78, 5) is 15.5. The fourth-order valence-electron chi connectivity index (χ4n) is 1.69. The minimum absolute atomic E-state index is 0.144. The summed E-state index contributed by atoms with van der Waals surface area (Å²) in [6.07, 6.45) is -0.441. The zero-order chi connectivity index (χ0) is 14.4. The number of nitrogens with one attached hydrogen (secondary N) is 2. The second-order valence-electron chi connectivity index (χ2n) is 4.20. The zero-order valence-electron chi connectivity index (χ0n) is 11.4. The van der Waals surface area contributed by atoms with E-state index >= 15 is 0 Å². The van der Waals surface area contributed by atoms with Gasteiger partial charge in [-0.3, -0.25) is 5.32 Å². The lowest BCUT2D eigenvalue weighted by atomic mass is 10.2. The highest BCUT2D eigenvalue weighted by Crippen LogP contribution is 2.20. The van der Waals surface area contributed by atoms with Crippen LogP contribution in [-0.2, 0) is 4.74 Å². The summed E-state index contributed by atoms with van der Waals surface area (Å²) < 4.78 is 4.82. The molecule has 1 unspecified atom stereocenters. The summed E-state index contributed by atoms with van der Waals surface area (Å²) in [5.41, 5.74) is 4.51. The number of carbonyl (C=O) groups is 1. The number of hydrogen-bond acceptors (Lipinski definition) is 5. The van der Waals surface area contributed by atoms with Crippen LogP contribution in [0.25, 0.3) is 0 Å². The molecule has 0 fully saturated rings. The predicted octanol–water partition coefficient (Wildman–Crippen LogP) is 3.88. The van der Waals surface area contributed by atoms with E-state index < -0.39 is 6.09 Å². The van der Waals surface area contributed by atoms with Crippen LogP contribution in [0.5, 0.6) is 0 Å². The van der Waals surface area contributed by atoms with Gasteiger partial charge in [-0.2, -0.15) is 0 Å². The van der Waals surface area contributed by atoms with Gasteiger partial charge in [0.15, 0.2) is 0 Å². The molecule has 0 aliphatic carbocycles. The van der Waals surface area contributed by atoms with Gasteiger partial charge in [0.2, 0.25) is 0 Å². The molecule has 0 saturated heterocycles. The molecule has 2 N–H and O–H groups in total. The van der Waals surface area contributed by atoms with E-state index in [1.807, 2.05) is 35.2 Å². The number of benzene rings is 1. The maximum absolute atomic E-state index is 11.3. The third kappa shape index (κ3) is 3.96. The fraction of sp³-hybridized carbons (Fsp3) is 0.286. The SMILES string of the molecule is CCOC(=O)Nc1ccc(NC(C)c2cscn2)cc1. The van der Waals surface area contributed by atoms with Crippen molar-refractivity contribution in [3.05, 3.63) is 40.8 Å². The zero-order valence-corrected chi connectivity index (χ0v) is 12.2. The lowest BCUT2D eigenvalue weighted by Gasteiger charge is -2.13. The maximum Gasteiger partial charge on any atom is 0.411 e. The smallest absolute Gasteiger partial charge is 0.411 e. The molecule has 0 bridgehead atoms. The van der Waals surface area contributed by atoms with Crippen molar-refractivity contribution in [1.82, 2.24) is 4.98 Å². The quantitative estimate of drug-likeness (QED) is 0.877. The van der Waals surface area contributed by atoms with Crippen LogP contribution in [0.1, 0.15) is 25.6 Å². The third-order valence-corrected chi connectivity index (χ3v) is 3.29. The molecule has 1 atom stereocenters. The normalized spacial score (nSPS) is 11.7. The molecule has 106 valence electrons. The highest BCUT2D eigenvalue weighted by atomic mass is 32.1. The van der Waals surface area contributed by atoms with E-state index in [0.717, 1.165) is 11.4 Å². The largest absolute Gasteiger partial charge is 0.450 e. The van der Waals surface area contributed by atoms with Crippen LogP contribution in [0.2, 0.25) is 0 Å². The van der Waals surface area contributed by atoms with E-state index in [0.29, 0.717) is 12.3 Å². The lowest BCUT2D eigenvalue weighted by molar-refractivity contribution is 0.168. The maximum atomic E-state index is 11.3. The number of thiazole rings is 1. The van der Waals surface area contributed by atoms with Crippen molar-refractivity contribution in [2.75, 3.05) is 17.2 Å². The van der Waals surface area contributed by atoms with Gasteiger partial charge in [0, 0.05) is 16.8 Å². The molecule has 0 aliphatic heterocycles. The molecule has 0 aliphatic rings. The van der Waals surface area contributed by atoms with Gasteiger partial charge in [0.05, 0.1) is 23.9 Å². The molecule has 1 heterocycles. The molecule has 1 aromatic heterocycles. The Bertz CT molecular complexity index is 540. The molecule has 5 nitrogen and oxygen atoms in total. The van der Waals surface area contributed by atoms with Crippen molar-refractivity contribution >= 4 is 28.8 Å². The van der Waals surface area contributed by atoms with Crippen molar-refractivity contribution in [3.8, 4) is 0 Å². The number of carbonyl (C=O) groups excluding carboxylic acids is 1. The number of hydrogen-bond donors (Lipinski definition) is 2. The second-order valence-corrected chi connectivity index (χ2v) is 4.92. The highest BCUT2D eigenvalue weighted by molar-refractivity contribution is 7.07. The third-order valence-electron chi connectivity index (χ3n) is 2.68. The first kappa shape index (κ1) is 14.3. The number of amides is 1. The molecule has 2 aromatic rings. The first-order valence-corrected chi connectivity index (χ1v) is 7.31. The van der Waals surface area contributed by atoms with Crippen molar-refractivity contribution in [3.63, 3.8) is 0 Å². The summed E-state index contributed by atoms with van der Waals surface area (Å²) in [7, 11) is 0. The Labute approximate surface area is 122 Å². The van der Waals surface area contributed by atoms with Gasteiger partial charge in [-0.1, -0.05) is 0 Å². The van der Waals surface area contributed by atoms with Gasteiger partial charge in [0.25, 0.3) is 0 Å². The standard InChI is InChI=1S/C14H17N3O2S/c1-3-19-14(18)17-12-6-4-11(5-7-12)16-10(2)13-8-20-9-15-13/h4-10,16H,3H2,1-2H3,(H,17,18). The summed E-state index contributed by atoms with van der Waals surface area (Å²) >= 11 is 1.58. The Hall–Kier alpha value is -2.08. The molecule has 0 saturated carbocycles. The number of rotatable bonds is 5. The minimum Gasteiger partial charge on any atom is -0.450 e. The number of anilines is 2. The van der Waals surface area contributed by atoms with Crippen molar-refractivity contribution in [2.45, 2.75) is 19.9 Å². The lowest BCUT2D eigenvalue weighted by Crippen LogP contribution is -2.13. The Morgan fingerprint density at radius 2 is 2.05 bits per heavy atom. The molecule has 6 heteroatoms. The van der Waals surface area contributed by atoms with Gasteiger partial charge in [-0.15, -0.1) is 11.3 Å². The van der Waals surface area contributed by atoms with Crippen LogP contribution in [0.3, 0.4) is 0 Å². The Kier molecular flexibility index (Phi) is 4.95. The van der Waals surface area contributed by atoms with Crippen molar-refractivity contribution in [1.29, 1.82) is 0 Å². The summed E-state index contributed by atoms with van der Waals surface area (Å²) in [5, 5.41) is 8.02. The molecular formula is C14H17N3O2S. The van der Waals surface area contributed by atoms with Gasteiger partial charge in [-0.05, 0) is 38.1 Å². The van der Waals surface area contributed by atoms with Crippen LogP contribution < -0.4 is 10.6 Å². The summed E-state index contributed by atoms with van der Waals surface area (Å²) in [6, 6.07) is 7.61. The minimum atomic E-state index is -0.441. The fourth-order valence-corrected chi connectivity index (χ4v) is 2.34. The Morgan fingerprint density at radius 3 is 2.65 bits per heavy atom. The van der Waals surface area contributed by atoms with Crippen LogP contribution in [0.15, 0.2) is 35.2 Å². The highest BCUT2D eigenvalue weighted by Gasteiger charge is 2.07. The van der Waals surface area contributed by atoms with Crippen molar-refractivity contribution < 1.29 is 9.53 Å². The Balaban J connectivity index is 1.93. The first-order chi connectivity index (χ1) is 9.69. The van der Waals surface area contributed by atoms with Crippen LogP contribution in [0.4, 0.5) is 16.2 Å². The van der Waals surface area contributed by atoms with E-state index in [1.165, 1.54) is 0 Å². The number of ether oxygens (including phenoxy) is 1. The summed E-state index contributed by atoms with van der Waals surface area (Å²) in [5.74, 6) is 0. The van der Waals surface area contributed by atoms with Gasteiger partial charge < -0.3 is 10.1 Å². The van der Waals surface area contributed by atoms with Gasteiger partial charge >= 0.3 is 6.09 Å². The number of nitrogens with zero attached hydrogens (tertiary/aromatic N) is 1. The van der Waals surface area contributed by atoms with E-state index in [9.17, 15) is 4.79 Å². The molecule has 2 rings (SSSR count). The van der Waals surface area contributed by atoms with Crippen molar-refractivity contribution in [2.24, 2.45) is 0 Å². The van der Waals surface area contributed by atoms with E-state index in [-0.39, 0.29) is 6.04 Å². The van der Waals surface area contributed by atoms with E-state index in [2.05, 4.69) is 22.5 Å². The molecule has 1 amide bonds. The van der Waals surface area contributed by atoms with Crippen LogP contribution in [-0.4, -0.2) is 17.7 Å². The van der Waals surface area contributed by atoms with E-state index in [4.69, 9.17) is 4.74 Å². The molecule has 20 heavy (non-hydrogen) atoms. The average Bonchev–Trinajstić information content (AvgIpc) is 2.95. The van der Waals surface area contributed by atoms with Gasteiger partial charge in [-0.25, -0.2) is 9.78 Å². The predicted molar refractivity (Wildman–Crippen MR) is 81.2 cm³/mol. The van der Waals surface area contributed by atoms with Crippen LogP contribution in [0, 0.1) is 0 Å². The second kappa shape index (κ2) is 6.91. The molecule has 0 radical (unpaired) electrons. The summed E-state index contributed by atoms with van der Waals surface area (Å²) in [6.45, 7) is 4.18. The topological polar surface area (TPSA) is 63.2 Å². The first-order valence-electron chi connectivity index (χ1n) is 6.37.